The van der Waals surface area contributed by atoms with E-state index >= 15 is 0 Å². The maximum atomic E-state index is 12.3. The molecule has 110 valence electrons. The average Bonchev–Trinajstić information content (AvgIpc) is 2.48. The van der Waals surface area contributed by atoms with E-state index in [-0.39, 0.29) is 5.91 Å². The highest BCUT2D eigenvalue weighted by Gasteiger charge is 2.12. The van der Waals surface area contributed by atoms with Crippen LogP contribution in [0.25, 0.3) is 0 Å². The Hall–Kier alpha value is -1.88. The summed E-state index contributed by atoms with van der Waals surface area (Å²) >= 11 is 3.27. The van der Waals surface area contributed by atoms with Crippen molar-refractivity contribution in [3.63, 3.8) is 0 Å². The van der Waals surface area contributed by atoms with Gasteiger partial charge in [-0.3, -0.25) is 4.79 Å². The lowest BCUT2D eigenvalue weighted by atomic mass is 10.2. The van der Waals surface area contributed by atoms with Gasteiger partial charge in [0.15, 0.2) is 0 Å². The number of carbonyl (C=O) groups is 1. The van der Waals surface area contributed by atoms with Crippen LogP contribution in [-0.2, 0) is 6.54 Å². The van der Waals surface area contributed by atoms with Crippen molar-refractivity contribution >= 4 is 21.8 Å². The molecule has 2 rings (SSSR count). The Balaban J connectivity index is 2.03. The second-order valence-electron chi connectivity index (χ2n) is 4.61. The molecule has 1 aromatic carbocycles. The molecule has 0 N–H and O–H groups in total. The first-order valence-corrected chi connectivity index (χ1v) is 7.48. The molecule has 0 unspecified atom stereocenters. The molecule has 4 nitrogen and oxygen atoms in total. The summed E-state index contributed by atoms with van der Waals surface area (Å²) in [6.45, 7) is 3.15. The lowest BCUT2D eigenvalue weighted by Crippen LogP contribution is -2.26. The third kappa shape index (κ3) is 4.29. The van der Waals surface area contributed by atoms with Crippen molar-refractivity contribution in [1.29, 1.82) is 0 Å². The Morgan fingerprint density at radius 1 is 1.29 bits per heavy atom. The summed E-state index contributed by atoms with van der Waals surface area (Å²) in [7, 11) is 1.78. The third-order valence-electron chi connectivity index (χ3n) is 2.97. The number of hydrogen-bond acceptors (Lipinski definition) is 3. The highest BCUT2D eigenvalue weighted by atomic mass is 79.9. The van der Waals surface area contributed by atoms with E-state index in [1.54, 1.807) is 30.3 Å². The lowest BCUT2D eigenvalue weighted by Gasteiger charge is -2.17. The largest absolute Gasteiger partial charge is 0.494 e. The predicted molar refractivity (Wildman–Crippen MR) is 85.3 cm³/mol. The number of amides is 1. The van der Waals surface area contributed by atoms with Gasteiger partial charge in [0.05, 0.1) is 6.61 Å². The zero-order valence-corrected chi connectivity index (χ0v) is 13.6. The fourth-order valence-corrected chi connectivity index (χ4v) is 2.32. The van der Waals surface area contributed by atoms with Crippen LogP contribution in [0, 0.1) is 0 Å². The van der Waals surface area contributed by atoms with E-state index in [0.717, 1.165) is 11.3 Å². The highest BCUT2D eigenvalue weighted by Crippen LogP contribution is 2.15. The zero-order chi connectivity index (χ0) is 15.2. The van der Waals surface area contributed by atoms with Crippen molar-refractivity contribution < 1.29 is 9.53 Å². The van der Waals surface area contributed by atoms with Crippen LogP contribution in [0.15, 0.2) is 47.2 Å². The van der Waals surface area contributed by atoms with E-state index in [1.165, 1.54) is 0 Å². The van der Waals surface area contributed by atoms with E-state index in [4.69, 9.17) is 4.74 Å². The molecule has 5 heteroatoms. The van der Waals surface area contributed by atoms with Crippen molar-refractivity contribution in [2.75, 3.05) is 13.7 Å². The van der Waals surface area contributed by atoms with Crippen LogP contribution in [0.3, 0.4) is 0 Å². The number of rotatable bonds is 5. The number of carbonyl (C=O) groups excluding carboxylic acids is 1. The number of nitrogens with zero attached hydrogens (tertiary/aromatic N) is 2. The van der Waals surface area contributed by atoms with E-state index in [0.29, 0.717) is 23.3 Å². The van der Waals surface area contributed by atoms with Crippen LogP contribution in [0.2, 0.25) is 0 Å². The fraction of sp³-hybridized carbons (Fsp3) is 0.250. The molecule has 0 aliphatic heterocycles. The molecule has 1 amide bonds. The van der Waals surface area contributed by atoms with Crippen molar-refractivity contribution in [1.82, 2.24) is 9.88 Å². The summed E-state index contributed by atoms with van der Waals surface area (Å²) in [6, 6.07) is 11.2. The monoisotopic (exact) mass is 348 g/mol. The average molecular weight is 349 g/mol. The number of halogens is 1. The van der Waals surface area contributed by atoms with Crippen LogP contribution in [0.1, 0.15) is 22.8 Å². The minimum Gasteiger partial charge on any atom is -0.494 e. The fourth-order valence-electron chi connectivity index (χ4n) is 1.96. The molecule has 0 aliphatic carbocycles. The summed E-state index contributed by atoms with van der Waals surface area (Å²) in [4.78, 5) is 18.0. The number of ether oxygens (including phenoxy) is 1. The SMILES string of the molecule is CCOc1ccc(CN(C)C(=O)c2ccnc(Br)c2)cc1. The van der Waals surface area contributed by atoms with Gasteiger partial charge in [-0.15, -0.1) is 0 Å². The van der Waals surface area contributed by atoms with Gasteiger partial charge in [-0.25, -0.2) is 4.98 Å². The first-order chi connectivity index (χ1) is 10.1. The van der Waals surface area contributed by atoms with E-state index < -0.39 is 0 Å². The third-order valence-corrected chi connectivity index (χ3v) is 3.41. The zero-order valence-electron chi connectivity index (χ0n) is 12.0. The standard InChI is InChI=1S/C16H17BrN2O2/c1-3-21-14-6-4-12(5-7-14)11-19(2)16(20)13-8-9-18-15(17)10-13/h4-10H,3,11H2,1-2H3. The Bertz CT molecular complexity index is 614. The number of aromatic nitrogens is 1. The molecule has 0 atom stereocenters. The topological polar surface area (TPSA) is 42.4 Å². The van der Waals surface area contributed by atoms with E-state index in [9.17, 15) is 4.79 Å². The summed E-state index contributed by atoms with van der Waals surface area (Å²) in [5, 5.41) is 0. The number of pyridine rings is 1. The number of hydrogen-bond donors (Lipinski definition) is 0. The second kappa shape index (κ2) is 7.22. The minimum absolute atomic E-state index is 0.0352. The Labute approximate surface area is 132 Å². The Morgan fingerprint density at radius 2 is 2.00 bits per heavy atom. The summed E-state index contributed by atoms with van der Waals surface area (Å²) in [5.74, 6) is 0.806. The van der Waals surface area contributed by atoms with Crippen molar-refractivity contribution in [2.24, 2.45) is 0 Å². The van der Waals surface area contributed by atoms with Gasteiger partial charge >= 0.3 is 0 Å². The molecule has 0 saturated heterocycles. The predicted octanol–water partition coefficient (Wildman–Crippen LogP) is 3.52. The maximum absolute atomic E-state index is 12.3. The maximum Gasteiger partial charge on any atom is 0.254 e. The Kier molecular flexibility index (Phi) is 5.33. The second-order valence-corrected chi connectivity index (χ2v) is 5.42. The molecule has 21 heavy (non-hydrogen) atoms. The van der Waals surface area contributed by atoms with Crippen molar-refractivity contribution in [3.05, 3.63) is 58.3 Å². The summed E-state index contributed by atoms with van der Waals surface area (Å²) in [6.07, 6.45) is 1.61. The van der Waals surface area contributed by atoms with Gasteiger partial charge in [0.2, 0.25) is 0 Å². The van der Waals surface area contributed by atoms with Crippen LogP contribution >= 0.6 is 15.9 Å². The number of benzene rings is 1. The summed E-state index contributed by atoms with van der Waals surface area (Å²) in [5.41, 5.74) is 1.67. The quantitative estimate of drug-likeness (QED) is 0.776. The molecule has 1 heterocycles. The molecule has 2 aromatic rings. The van der Waals surface area contributed by atoms with Crippen molar-refractivity contribution in [2.45, 2.75) is 13.5 Å². The molecule has 0 fully saturated rings. The van der Waals surface area contributed by atoms with Crippen LogP contribution < -0.4 is 4.74 Å². The van der Waals surface area contributed by atoms with Gasteiger partial charge in [-0.05, 0) is 52.7 Å². The molecule has 1 aromatic heterocycles. The van der Waals surface area contributed by atoms with Gasteiger partial charge in [-0.2, -0.15) is 0 Å². The molecular formula is C16H17BrN2O2. The van der Waals surface area contributed by atoms with Gasteiger partial charge in [0.1, 0.15) is 10.4 Å². The Morgan fingerprint density at radius 3 is 2.62 bits per heavy atom. The molecule has 0 spiro atoms. The van der Waals surface area contributed by atoms with Gasteiger partial charge < -0.3 is 9.64 Å². The van der Waals surface area contributed by atoms with E-state index in [1.807, 2.05) is 31.2 Å². The normalized spacial score (nSPS) is 10.2. The summed E-state index contributed by atoms with van der Waals surface area (Å²) < 4.78 is 6.06. The molecule has 0 saturated carbocycles. The van der Waals surface area contributed by atoms with Gasteiger partial charge in [0.25, 0.3) is 5.91 Å². The van der Waals surface area contributed by atoms with Crippen LogP contribution in [0.5, 0.6) is 5.75 Å². The first kappa shape index (κ1) is 15.5. The highest BCUT2D eigenvalue weighted by molar-refractivity contribution is 9.10. The molecule has 0 aliphatic rings. The van der Waals surface area contributed by atoms with Crippen LogP contribution in [0.4, 0.5) is 0 Å². The first-order valence-electron chi connectivity index (χ1n) is 6.69. The van der Waals surface area contributed by atoms with Crippen LogP contribution in [-0.4, -0.2) is 29.4 Å². The smallest absolute Gasteiger partial charge is 0.254 e. The molecular weight excluding hydrogens is 332 g/mol. The van der Waals surface area contributed by atoms with E-state index in [2.05, 4.69) is 20.9 Å². The lowest BCUT2D eigenvalue weighted by molar-refractivity contribution is 0.0785. The van der Waals surface area contributed by atoms with Gasteiger partial charge in [-0.1, -0.05) is 12.1 Å². The molecule has 0 bridgehead atoms. The minimum atomic E-state index is -0.0352. The van der Waals surface area contributed by atoms with Crippen molar-refractivity contribution in [3.8, 4) is 5.75 Å². The molecule has 0 radical (unpaired) electrons. The van der Waals surface area contributed by atoms with Gasteiger partial charge in [0, 0.05) is 25.4 Å².